The Morgan fingerprint density at radius 1 is 0.872 bits per heavy atom. The van der Waals surface area contributed by atoms with Crippen molar-refractivity contribution in [2.45, 2.75) is 39.3 Å². The topological polar surface area (TPSA) is 58.0 Å². The highest BCUT2D eigenvalue weighted by Crippen LogP contribution is 2.34. The van der Waals surface area contributed by atoms with E-state index in [4.69, 9.17) is 26.4 Å². The molecule has 1 aromatic heterocycles. The molecular weight excluding hydrogens is 508 g/mol. The van der Waals surface area contributed by atoms with Gasteiger partial charge in [-0.15, -0.1) is 0 Å². The van der Waals surface area contributed by atoms with Crippen LogP contribution in [0.15, 0.2) is 102 Å². The van der Waals surface area contributed by atoms with Crippen LogP contribution in [0.5, 0.6) is 0 Å². The molecule has 2 heterocycles. The SMILES string of the molecule is CC(C)(C)OC(=O)N(N=C(c1ccccc1)c1ccccc1)c1ccc(Cl)nc1N1CCc2ccccc2C1. The summed E-state index contributed by atoms with van der Waals surface area (Å²) in [5, 5.41) is 6.63. The third-order valence-corrected chi connectivity index (χ3v) is 6.55. The molecule has 0 fully saturated rings. The highest BCUT2D eigenvalue weighted by atomic mass is 35.5. The fraction of sp³-hybridized carbons (Fsp3) is 0.219. The van der Waals surface area contributed by atoms with Crippen molar-refractivity contribution < 1.29 is 9.53 Å². The Labute approximate surface area is 234 Å². The number of halogens is 1. The van der Waals surface area contributed by atoms with E-state index in [-0.39, 0.29) is 0 Å². The lowest BCUT2D eigenvalue weighted by atomic mass is 10.00. The molecule has 0 N–H and O–H groups in total. The zero-order valence-electron chi connectivity index (χ0n) is 22.3. The monoisotopic (exact) mass is 538 g/mol. The summed E-state index contributed by atoms with van der Waals surface area (Å²) in [7, 11) is 0. The minimum absolute atomic E-state index is 0.340. The lowest BCUT2D eigenvalue weighted by Gasteiger charge is -2.33. The van der Waals surface area contributed by atoms with Crippen molar-refractivity contribution in [3.63, 3.8) is 0 Å². The van der Waals surface area contributed by atoms with Crippen molar-refractivity contribution in [2.75, 3.05) is 16.5 Å². The van der Waals surface area contributed by atoms with Gasteiger partial charge in [-0.05, 0) is 50.5 Å². The van der Waals surface area contributed by atoms with Crippen molar-refractivity contribution in [3.8, 4) is 0 Å². The molecule has 0 spiro atoms. The summed E-state index contributed by atoms with van der Waals surface area (Å²) in [6.07, 6.45) is 0.258. The molecule has 0 aliphatic carbocycles. The number of rotatable bonds is 5. The molecule has 198 valence electrons. The summed E-state index contributed by atoms with van der Waals surface area (Å²) in [5.74, 6) is 0.576. The van der Waals surface area contributed by atoms with E-state index in [1.165, 1.54) is 16.1 Å². The van der Waals surface area contributed by atoms with Gasteiger partial charge in [0.25, 0.3) is 0 Å². The molecule has 4 aromatic rings. The highest BCUT2D eigenvalue weighted by molar-refractivity contribution is 6.29. The van der Waals surface area contributed by atoms with Crippen LogP contribution in [0.2, 0.25) is 5.15 Å². The van der Waals surface area contributed by atoms with Crippen LogP contribution in [0, 0.1) is 0 Å². The Hall–Kier alpha value is -4.16. The number of aromatic nitrogens is 1. The largest absolute Gasteiger partial charge is 0.442 e. The number of carbonyl (C=O) groups excluding carboxylic acids is 1. The standard InChI is InChI=1S/C32H31ClN4O2/c1-32(2,3)39-31(38)37(35-29(24-13-6-4-7-14-24)25-15-8-5-9-16-25)27-18-19-28(33)34-30(27)36-21-20-23-12-10-11-17-26(23)22-36/h4-19H,20-22H2,1-3H3. The zero-order chi connectivity index (χ0) is 27.4. The first-order chi connectivity index (χ1) is 18.8. The predicted octanol–water partition coefficient (Wildman–Crippen LogP) is 7.49. The molecule has 0 bridgehead atoms. The van der Waals surface area contributed by atoms with Crippen molar-refractivity contribution in [2.24, 2.45) is 5.10 Å². The maximum absolute atomic E-state index is 13.8. The minimum atomic E-state index is -0.728. The van der Waals surface area contributed by atoms with Crippen molar-refractivity contribution in [3.05, 3.63) is 124 Å². The molecule has 7 heteroatoms. The summed E-state index contributed by atoms with van der Waals surface area (Å²) < 4.78 is 5.86. The number of hydrogen-bond donors (Lipinski definition) is 0. The van der Waals surface area contributed by atoms with Gasteiger partial charge in [0.1, 0.15) is 16.4 Å². The number of benzene rings is 3. The fourth-order valence-corrected chi connectivity index (χ4v) is 4.71. The number of fused-ring (bicyclic) bond motifs is 1. The van der Waals surface area contributed by atoms with Crippen LogP contribution < -0.4 is 9.91 Å². The van der Waals surface area contributed by atoms with E-state index in [1.54, 1.807) is 12.1 Å². The maximum Gasteiger partial charge on any atom is 0.435 e. The third kappa shape index (κ3) is 6.29. The quantitative estimate of drug-likeness (QED) is 0.150. The molecule has 0 saturated carbocycles. The van der Waals surface area contributed by atoms with Crippen LogP contribution in [-0.2, 0) is 17.7 Å². The first-order valence-electron chi connectivity index (χ1n) is 13.0. The van der Waals surface area contributed by atoms with Crippen LogP contribution in [-0.4, -0.2) is 28.9 Å². The van der Waals surface area contributed by atoms with E-state index >= 15 is 0 Å². The van der Waals surface area contributed by atoms with Gasteiger partial charge in [0.2, 0.25) is 0 Å². The smallest absolute Gasteiger partial charge is 0.435 e. The second-order valence-corrected chi connectivity index (χ2v) is 10.8. The van der Waals surface area contributed by atoms with Crippen LogP contribution in [0.3, 0.4) is 0 Å². The number of hydrogen-bond acceptors (Lipinski definition) is 5. The highest BCUT2D eigenvalue weighted by Gasteiger charge is 2.30. The van der Waals surface area contributed by atoms with E-state index in [0.29, 0.717) is 28.9 Å². The summed E-state index contributed by atoms with van der Waals surface area (Å²) in [6, 6.07) is 31.4. The van der Waals surface area contributed by atoms with Crippen LogP contribution >= 0.6 is 11.6 Å². The number of carbonyl (C=O) groups is 1. The Kier molecular flexibility index (Phi) is 7.66. The van der Waals surface area contributed by atoms with E-state index in [1.807, 2.05) is 87.5 Å². The normalized spacial score (nSPS) is 12.9. The van der Waals surface area contributed by atoms with Gasteiger partial charge in [-0.25, -0.2) is 9.78 Å². The summed E-state index contributed by atoms with van der Waals surface area (Å²) in [4.78, 5) is 20.6. The molecular formula is C32H31ClN4O2. The van der Waals surface area contributed by atoms with Crippen LogP contribution in [0.1, 0.15) is 43.0 Å². The number of ether oxygens (including phenoxy) is 1. The predicted molar refractivity (Wildman–Crippen MR) is 158 cm³/mol. The number of nitrogens with zero attached hydrogens (tertiary/aromatic N) is 4. The van der Waals surface area contributed by atoms with E-state index in [2.05, 4.69) is 23.1 Å². The molecule has 0 saturated heterocycles. The van der Waals surface area contributed by atoms with Crippen molar-refractivity contribution >= 4 is 34.9 Å². The van der Waals surface area contributed by atoms with Crippen LogP contribution in [0.4, 0.5) is 16.3 Å². The lowest BCUT2D eigenvalue weighted by Crippen LogP contribution is -2.37. The van der Waals surface area contributed by atoms with Gasteiger partial charge in [0.05, 0.1) is 5.71 Å². The first-order valence-corrected chi connectivity index (χ1v) is 13.4. The Morgan fingerprint density at radius 2 is 1.46 bits per heavy atom. The molecule has 5 rings (SSSR count). The minimum Gasteiger partial charge on any atom is -0.442 e. The molecule has 0 radical (unpaired) electrons. The van der Waals surface area contributed by atoms with Crippen LogP contribution in [0.25, 0.3) is 0 Å². The Balaban J connectivity index is 1.66. The average molecular weight is 539 g/mol. The second kappa shape index (κ2) is 11.3. The maximum atomic E-state index is 13.8. The zero-order valence-corrected chi connectivity index (χ0v) is 23.1. The van der Waals surface area contributed by atoms with Gasteiger partial charge in [-0.1, -0.05) is 96.5 Å². The molecule has 1 aliphatic heterocycles. The first kappa shape index (κ1) is 26.4. The molecule has 6 nitrogen and oxygen atoms in total. The summed E-state index contributed by atoms with van der Waals surface area (Å²) >= 11 is 6.42. The molecule has 0 atom stereocenters. The van der Waals surface area contributed by atoms with Crippen molar-refractivity contribution in [1.29, 1.82) is 0 Å². The number of pyridine rings is 1. The van der Waals surface area contributed by atoms with Gasteiger partial charge in [-0.3, -0.25) is 0 Å². The summed E-state index contributed by atoms with van der Waals surface area (Å²) in [6.45, 7) is 6.89. The summed E-state index contributed by atoms with van der Waals surface area (Å²) in [5.41, 5.74) is 4.67. The number of hydrazone groups is 1. The van der Waals surface area contributed by atoms with Gasteiger partial charge < -0.3 is 9.64 Å². The average Bonchev–Trinajstić information content (AvgIpc) is 2.93. The van der Waals surface area contributed by atoms with Gasteiger partial charge in [0, 0.05) is 24.2 Å². The van der Waals surface area contributed by atoms with Gasteiger partial charge in [-0.2, -0.15) is 10.1 Å². The van der Waals surface area contributed by atoms with Gasteiger partial charge >= 0.3 is 6.09 Å². The third-order valence-electron chi connectivity index (χ3n) is 6.34. The number of anilines is 2. The Morgan fingerprint density at radius 3 is 2.08 bits per heavy atom. The molecule has 3 aromatic carbocycles. The molecule has 0 unspecified atom stereocenters. The number of amides is 1. The van der Waals surface area contributed by atoms with E-state index in [0.717, 1.165) is 24.1 Å². The Bertz CT molecular complexity index is 1440. The molecule has 39 heavy (non-hydrogen) atoms. The van der Waals surface area contributed by atoms with E-state index < -0.39 is 11.7 Å². The van der Waals surface area contributed by atoms with Gasteiger partial charge in [0.15, 0.2) is 5.82 Å². The van der Waals surface area contributed by atoms with Crippen molar-refractivity contribution in [1.82, 2.24) is 4.98 Å². The second-order valence-electron chi connectivity index (χ2n) is 10.4. The lowest BCUT2D eigenvalue weighted by molar-refractivity contribution is 0.0581. The molecule has 1 amide bonds. The van der Waals surface area contributed by atoms with E-state index in [9.17, 15) is 4.79 Å². The molecule has 1 aliphatic rings. The fourth-order valence-electron chi connectivity index (χ4n) is 4.56.